The number of unbranched alkanes of at least 4 members (excludes halogenated alkanes) is 1. The molecule has 3 rings (SSSR count). The number of thiocarbonyl (C=S) groups is 1. The Morgan fingerprint density at radius 3 is 2.37 bits per heavy atom. The van der Waals surface area contributed by atoms with Gasteiger partial charge in [-0.05, 0) is 77.5 Å². The number of halogens is 3. The number of anilines is 1. The summed E-state index contributed by atoms with van der Waals surface area (Å²) in [7, 11) is 0. The maximum atomic E-state index is 13.5. The van der Waals surface area contributed by atoms with Crippen LogP contribution in [0.3, 0.4) is 0 Å². The molecular weight excluding hydrogens is 515 g/mol. The van der Waals surface area contributed by atoms with Crippen molar-refractivity contribution in [1.29, 1.82) is 5.26 Å². The molecule has 38 heavy (non-hydrogen) atoms. The number of hydrogen-bond acceptors (Lipinski definition) is 5. The molecule has 7 nitrogen and oxygen atoms in total. The smallest absolute Gasteiger partial charge is 0.337 e. The predicted octanol–water partition coefficient (Wildman–Crippen LogP) is 4.65. The molecule has 2 saturated heterocycles. The van der Waals surface area contributed by atoms with Crippen molar-refractivity contribution in [3.05, 3.63) is 29.3 Å². The van der Waals surface area contributed by atoms with Crippen molar-refractivity contribution in [3.63, 3.8) is 0 Å². The molecule has 2 amide bonds. The van der Waals surface area contributed by atoms with Crippen molar-refractivity contribution in [3.8, 4) is 6.07 Å². The van der Waals surface area contributed by atoms with Gasteiger partial charge in [-0.25, -0.2) is 0 Å². The van der Waals surface area contributed by atoms with E-state index in [1.54, 1.807) is 24.8 Å². The molecular formula is C27H36F3N5O2S. The van der Waals surface area contributed by atoms with Gasteiger partial charge in [0.15, 0.2) is 5.11 Å². The van der Waals surface area contributed by atoms with E-state index < -0.39 is 28.7 Å². The Labute approximate surface area is 228 Å². The van der Waals surface area contributed by atoms with Crippen molar-refractivity contribution >= 4 is 34.8 Å². The maximum absolute atomic E-state index is 13.5. The largest absolute Gasteiger partial charge is 0.417 e. The monoisotopic (exact) mass is 551 g/mol. The summed E-state index contributed by atoms with van der Waals surface area (Å²) in [5.74, 6) is -0.267. The molecule has 0 saturated carbocycles. The third-order valence-electron chi connectivity index (χ3n) is 7.48. The fraction of sp³-hybridized carbons (Fsp3) is 0.630. The third kappa shape index (κ3) is 5.81. The summed E-state index contributed by atoms with van der Waals surface area (Å²) in [5.41, 5.74) is -2.62. The van der Waals surface area contributed by atoms with E-state index in [0.29, 0.717) is 13.1 Å². The number of nitrogens with zero attached hydrogens (tertiary/aromatic N) is 5. The highest BCUT2D eigenvalue weighted by Gasteiger charge is 2.49. The summed E-state index contributed by atoms with van der Waals surface area (Å²) >= 11 is 5.57. The van der Waals surface area contributed by atoms with E-state index in [4.69, 9.17) is 17.5 Å². The van der Waals surface area contributed by atoms with Gasteiger partial charge in [-0.1, -0.05) is 13.8 Å². The molecule has 2 aliphatic rings. The molecule has 2 fully saturated rings. The zero-order valence-electron chi connectivity index (χ0n) is 22.8. The van der Waals surface area contributed by atoms with Crippen LogP contribution in [-0.4, -0.2) is 75.4 Å². The van der Waals surface area contributed by atoms with Gasteiger partial charge in [0.25, 0.3) is 5.91 Å². The Bertz CT molecular complexity index is 1130. The normalized spacial score (nSPS) is 22.4. The van der Waals surface area contributed by atoms with E-state index in [9.17, 15) is 22.8 Å². The Morgan fingerprint density at radius 1 is 1.16 bits per heavy atom. The highest BCUT2D eigenvalue weighted by molar-refractivity contribution is 7.80. The molecule has 1 aromatic rings. The molecule has 0 aliphatic carbocycles. The number of nitriles is 1. The topological polar surface area (TPSA) is 70.9 Å². The van der Waals surface area contributed by atoms with Crippen LogP contribution in [0.4, 0.5) is 18.9 Å². The Balaban J connectivity index is 1.65. The summed E-state index contributed by atoms with van der Waals surface area (Å²) in [6, 6.07) is 5.13. The fourth-order valence-electron chi connectivity index (χ4n) is 5.18. The summed E-state index contributed by atoms with van der Waals surface area (Å²) in [5, 5.41) is 9.24. The van der Waals surface area contributed by atoms with E-state index in [-0.39, 0.29) is 34.7 Å². The number of piperazine rings is 1. The van der Waals surface area contributed by atoms with Crippen LogP contribution in [0.2, 0.25) is 0 Å². The Kier molecular flexibility index (Phi) is 8.78. The molecule has 11 heteroatoms. The summed E-state index contributed by atoms with van der Waals surface area (Å²) in [6.45, 7) is 14.2. The number of carbonyl (C=O) groups is 2. The fourth-order valence-corrected chi connectivity index (χ4v) is 5.68. The standard InChI is InChI=1S/C27H36F3N5O2S/c1-17(2)23(36)33-16-18(3)32(15-19(33)4)11-7-8-12-34-25(38)35(24(37)26(34,5)6)21-10-9-20(14-31)22(13-21)27(28,29)30/h9-10,13,17-19H,7-8,11-12,15-16H2,1-6H3/t18-,19+/m1/s1. The minimum atomic E-state index is -4.73. The van der Waals surface area contributed by atoms with Crippen LogP contribution < -0.4 is 4.90 Å². The van der Waals surface area contributed by atoms with Crippen LogP contribution in [0.15, 0.2) is 18.2 Å². The van der Waals surface area contributed by atoms with Crippen LogP contribution in [0.1, 0.15) is 65.5 Å². The van der Waals surface area contributed by atoms with Gasteiger partial charge in [-0.15, -0.1) is 0 Å². The van der Waals surface area contributed by atoms with Gasteiger partial charge in [0.05, 0.1) is 22.9 Å². The van der Waals surface area contributed by atoms with Crippen molar-refractivity contribution in [1.82, 2.24) is 14.7 Å². The van der Waals surface area contributed by atoms with E-state index in [2.05, 4.69) is 18.7 Å². The van der Waals surface area contributed by atoms with Gasteiger partial charge in [0.2, 0.25) is 5.91 Å². The lowest BCUT2D eigenvalue weighted by Gasteiger charge is -2.45. The van der Waals surface area contributed by atoms with Gasteiger partial charge in [0.1, 0.15) is 5.54 Å². The first kappa shape index (κ1) is 29.8. The first-order valence-electron chi connectivity index (χ1n) is 12.9. The molecule has 1 aromatic carbocycles. The van der Waals surface area contributed by atoms with Crippen molar-refractivity contribution in [2.45, 2.75) is 78.2 Å². The quantitative estimate of drug-likeness (QED) is 0.363. The summed E-state index contributed by atoms with van der Waals surface area (Å²) in [6.07, 6.45) is -3.16. The molecule has 0 unspecified atom stereocenters. The second-order valence-corrected chi connectivity index (χ2v) is 11.4. The number of amides is 2. The third-order valence-corrected chi connectivity index (χ3v) is 7.88. The summed E-state index contributed by atoms with van der Waals surface area (Å²) < 4.78 is 40.5. The zero-order chi connectivity index (χ0) is 28.6. The second-order valence-electron chi connectivity index (χ2n) is 11.0. The van der Waals surface area contributed by atoms with Crippen LogP contribution >= 0.6 is 12.2 Å². The van der Waals surface area contributed by atoms with Crippen molar-refractivity contribution < 1.29 is 22.8 Å². The van der Waals surface area contributed by atoms with E-state index in [0.717, 1.165) is 43.0 Å². The molecule has 2 heterocycles. The number of carbonyl (C=O) groups excluding carboxylic acids is 2. The number of hydrogen-bond donors (Lipinski definition) is 0. The lowest BCUT2D eigenvalue weighted by Crippen LogP contribution is -2.58. The van der Waals surface area contributed by atoms with Gasteiger partial charge < -0.3 is 9.80 Å². The molecule has 0 bridgehead atoms. The molecule has 0 spiro atoms. The van der Waals surface area contributed by atoms with Gasteiger partial charge in [-0.2, -0.15) is 18.4 Å². The van der Waals surface area contributed by atoms with Gasteiger partial charge in [0, 0.05) is 37.6 Å². The average Bonchev–Trinajstić information content (AvgIpc) is 3.00. The first-order valence-corrected chi connectivity index (χ1v) is 13.3. The minimum Gasteiger partial charge on any atom is -0.337 e. The first-order chi connectivity index (χ1) is 17.6. The average molecular weight is 552 g/mol. The molecule has 2 aliphatic heterocycles. The van der Waals surface area contributed by atoms with Crippen LogP contribution in [0.25, 0.3) is 0 Å². The minimum absolute atomic E-state index is 0.00136. The molecule has 0 N–H and O–H groups in total. The number of alkyl halides is 3. The lowest BCUT2D eigenvalue weighted by atomic mass is 10.0. The summed E-state index contributed by atoms with van der Waals surface area (Å²) in [4.78, 5) is 33.0. The Morgan fingerprint density at radius 2 is 1.79 bits per heavy atom. The second kappa shape index (κ2) is 11.2. The van der Waals surface area contributed by atoms with E-state index >= 15 is 0 Å². The van der Waals surface area contributed by atoms with E-state index in [1.807, 2.05) is 18.7 Å². The van der Waals surface area contributed by atoms with Crippen LogP contribution in [0.5, 0.6) is 0 Å². The Hall–Kier alpha value is -2.71. The van der Waals surface area contributed by atoms with E-state index in [1.165, 1.54) is 6.07 Å². The van der Waals surface area contributed by atoms with Crippen molar-refractivity contribution in [2.75, 3.05) is 31.1 Å². The van der Waals surface area contributed by atoms with Gasteiger partial charge >= 0.3 is 6.18 Å². The number of rotatable bonds is 7. The highest BCUT2D eigenvalue weighted by atomic mass is 32.1. The zero-order valence-corrected chi connectivity index (χ0v) is 23.6. The molecule has 2 atom stereocenters. The van der Waals surface area contributed by atoms with Crippen LogP contribution in [-0.2, 0) is 15.8 Å². The highest BCUT2D eigenvalue weighted by Crippen LogP contribution is 2.38. The lowest BCUT2D eigenvalue weighted by molar-refractivity contribution is -0.140. The van der Waals surface area contributed by atoms with Crippen molar-refractivity contribution in [2.24, 2.45) is 5.92 Å². The van der Waals surface area contributed by atoms with Crippen LogP contribution in [0, 0.1) is 17.2 Å². The SMILES string of the molecule is CC(C)C(=O)N1C[C@@H](C)N(CCCCN2C(=S)N(c3ccc(C#N)c(C(F)(F)F)c3)C(=O)C2(C)C)C[C@@H]1C. The van der Waals surface area contributed by atoms with Gasteiger partial charge in [-0.3, -0.25) is 19.4 Å². The maximum Gasteiger partial charge on any atom is 0.417 e. The number of benzene rings is 1. The molecule has 0 radical (unpaired) electrons. The molecule has 0 aromatic heterocycles. The molecule has 208 valence electrons. The predicted molar refractivity (Wildman–Crippen MR) is 143 cm³/mol.